The molecule has 0 fully saturated rings. The number of nitrogens with zero attached hydrogens (tertiary/aromatic N) is 2. The van der Waals surface area contributed by atoms with E-state index in [0.717, 1.165) is 0 Å². The van der Waals surface area contributed by atoms with Crippen LogP contribution >= 0.6 is 23.2 Å². The molecule has 0 aliphatic rings. The highest BCUT2D eigenvalue weighted by Gasteiger charge is 2.08. The minimum absolute atomic E-state index is 0.0196. The third-order valence-corrected chi connectivity index (χ3v) is 3.63. The number of ether oxygens (including phenoxy) is 1. The normalized spacial score (nSPS) is 11.1. The summed E-state index contributed by atoms with van der Waals surface area (Å²) in [6.07, 6.45) is 0. The van der Waals surface area contributed by atoms with Gasteiger partial charge in [0.2, 0.25) is 0 Å². The Labute approximate surface area is 153 Å². The largest absolute Gasteiger partial charge is 0.482 e. The van der Waals surface area contributed by atoms with Crippen molar-refractivity contribution < 1.29 is 14.5 Å². The SMILES string of the molecule is CC(=NNC(=O)COc1ccc(Cl)cc1Cl)c1ccc([N+](=O)[O-])cc1. The Morgan fingerprint density at radius 1 is 1.24 bits per heavy atom. The number of benzene rings is 2. The van der Waals surface area contributed by atoms with E-state index in [4.69, 9.17) is 27.9 Å². The Balaban J connectivity index is 1.91. The van der Waals surface area contributed by atoms with Crippen molar-refractivity contribution in [3.8, 4) is 5.75 Å². The molecule has 9 heteroatoms. The Bertz CT molecular complexity index is 823. The number of non-ortho nitro benzene ring substituents is 1. The first kappa shape index (κ1) is 18.7. The first-order valence-electron chi connectivity index (χ1n) is 7.02. The monoisotopic (exact) mass is 381 g/mol. The molecular weight excluding hydrogens is 369 g/mol. The molecule has 25 heavy (non-hydrogen) atoms. The van der Waals surface area contributed by atoms with E-state index in [1.807, 2.05) is 0 Å². The fraction of sp³-hybridized carbons (Fsp3) is 0.125. The van der Waals surface area contributed by atoms with Gasteiger partial charge in [-0.25, -0.2) is 5.43 Å². The second-order valence-corrected chi connectivity index (χ2v) is 5.74. The van der Waals surface area contributed by atoms with Gasteiger partial charge in [-0.2, -0.15) is 5.10 Å². The van der Waals surface area contributed by atoms with Crippen LogP contribution < -0.4 is 10.2 Å². The van der Waals surface area contributed by atoms with Crippen molar-refractivity contribution in [3.63, 3.8) is 0 Å². The van der Waals surface area contributed by atoms with Gasteiger partial charge in [0.05, 0.1) is 15.7 Å². The molecule has 2 aromatic carbocycles. The average Bonchev–Trinajstić information content (AvgIpc) is 2.59. The number of nitro benzene ring substituents is 1. The molecule has 7 nitrogen and oxygen atoms in total. The lowest BCUT2D eigenvalue weighted by Gasteiger charge is -2.07. The molecule has 0 aliphatic carbocycles. The smallest absolute Gasteiger partial charge is 0.277 e. The highest BCUT2D eigenvalue weighted by atomic mass is 35.5. The molecule has 0 aliphatic heterocycles. The highest BCUT2D eigenvalue weighted by Crippen LogP contribution is 2.27. The molecule has 0 radical (unpaired) electrons. The molecule has 130 valence electrons. The molecule has 0 bridgehead atoms. The van der Waals surface area contributed by atoms with E-state index in [2.05, 4.69) is 10.5 Å². The zero-order valence-corrected chi connectivity index (χ0v) is 14.5. The van der Waals surface area contributed by atoms with Gasteiger partial charge in [-0.1, -0.05) is 23.2 Å². The first-order chi connectivity index (χ1) is 11.9. The zero-order chi connectivity index (χ0) is 18.4. The summed E-state index contributed by atoms with van der Waals surface area (Å²) in [6.45, 7) is 1.39. The van der Waals surface area contributed by atoms with Crippen molar-refractivity contribution >= 4 is 40.5 Å². The summed E-state index contributed by atoms with van der Waals surface area (Å²) in [4.78, 5) is 21.9. The van der Waals surface area contributed by atoms with Crippen LogP contribution in [0.3, 0.4) is 0 Å². The Morgan fingerprint density at radius 2 is 1.92 bits per heavy atom. The summed E-state index contributed by atoms with van der Waals surface area (Å²) in [5, 5.41) is 15.3. The number of hydrogen-bond donors (Lipinski definition) is 1. The second kappa shape index (κ2) is 8.46. The number of carbonyl (C=O) groups is 1. The van der Waals surface area contributed by atoms with E-state index >= 15 is 0 Å². The van der Waals surface area contributed by atoms with Crippen LogP contribution in [0.25, 0.3) is 0 Å². The fourth-order valence-corrected chi connectivity index (χ4v) is 2.27. The predicted molar refractivity (Wildman–Crippen MR) is 95.4 cm³/mol. The minimum atomic E-state index is -0.489. The van der Waals surface area contributed by atoms with Gasteiger partial charge in [0.15, 0.2) is 6.61 Å². The van der Waals surface area contributed by atoms with Crippen molar-refractivity contribution in [2.45, 2.75) is 6.92 Å². The number of hydrogen-bond acceptors (Lipinski definition) is 5. The van der Waals surface area contributed by atoms with Gasteiger partial charge in [0.25, 0.3) is 11.6 Å². The molecule has 0 spiro atoms. The van der Waals surface area contributed by atoms with Gasteiger partial charge >= 0.3 is 0 Å². The van der Waals surface area contributed by atoms with E-state index in [-0.39, 0.29) is 12.3 Å². The number of nitro groups is 1. The number of rotatable bonds is 6. The number of carbonyl (C=O) groups excluding carboxylic acids is 1. The lowest BCUT2D eigenvalue weighted by molar-refractivity contribution is -0.384. The molecular formula is C16H13Cl2N3O4. The summed E-state index contributed by atoms with van der Waals surface area (Å²) in [6, 6.07) is 10.5. The molecule has 2 rings (SSSR count). The van der Waals surface area contributed by atoms with Crippen LogP contribution in [0.15, 0.2) is 47.6 Å². The topological polar surface area (TPSA) is 93.8 Å². The van der Waals surface area contributed by atoms with E-state index in [1.165, 1.54) is 18.2 Å². The maximum Gasteiger partial charge on any atom is 0.277 e. The maximum atomic E-state index is 11.8. The number of amides is 1. The lowest BCUT2D eigenvalue weighted by atomic mass is 10.1. The quantitative estimate of drug-likeness (QED) is 0.467. The zero-order valence-electron chi connectivity index (χ0n) is 13.0. The first-order valence-corrected chi connectivity index (χ1v) is 7.78. The summed E-state index contributed by atoms with van der Waals surface area (Å²) in [5.74, 6) is -0.149. The van der Waals surface area contributed by atoms with Gasteiger partial charge in [-0.15, -0.1) is 0 Å². The van der Waals surface area contributed by atoms with E-state index in [0.29, 0.717) is 27.1 Å². The fourth-order valence-electron chi connectivity index (χ4n) is 1.80. The summed E-state index contributed by atoms with van der Waals surface area (Å²) in [5.41, 5.74) is 3.46. The van der Waals surface area contributed by atoms with Crippen LogP contribution in [-0.4, -0.2) is 23.1 Å². The Hall–Kier alpha value is -2.64. The number of hydrazone groups is 1. The van der Waals surface area contributed by atoms with Crippen molar-refractivity contribution in [1.29, 1.82) is 0 Å². The minimum Gasteiger partial charge on any atom is -0.482 e. The molecule has 0 aromatic heterocycles. The van der Waals surface area contributed by atoms with E-state index in [9.17, 15) is 14.9 Å². The van der Waals surface area contributed by atoms with Crippen LogP contribution in [0.1, 0.15) is 12.5 Å². The molecule has 0 saturated carbocycles. The van der Waals surface area contributed by atoms with Crippen LogP contribution in [0.5, 0.6) is 5.75 Å². The molecule has 0 heterocycles. The van der Waals surface area contributed by atoms with Crippen LogP contribution in [0.2, 0.25) is 10.0 Å². The van der Waals surface area contributed by atoms with E-state index in [1.54, 1.807) is 31.2 Å². The van der Waals surface area contributed by atoms with Crippen molar-refractivity contribution in [2.24, 2.45) is 5.10 Å². The van der Waals surface area contributed by atoms with E-state index < -0.39 is 10.8 Å². The standard InChI is InChI=1S/C16H13Cl2N3O4/c1-10(11-2-5-13(6-3-11)21(23)24)19-20-16(22)9-25-15-7-4-12(17)8-14(15)18/h2-8H,9H2,1H3,(H,20,22). The third-order valence-electron chi connectivity index (χ3n) is 3.10. The van der Waals surface area contributed by atoms with Crippen LogP contribution in [0.4, 0.5) is 5.69 Å². The van der Waals surface area contributed by atoms with Gasteiger partial charge in [-0.3, -0.25) is 14.9 Å². The summed E-state index contributed by atoms with van der Waals surface area (Å²) >= 11 is 11.7. The molecule has 2 aromatic rings. The predicted octanol–water partition coefficient (Wildman–Crippen LogP) is 3.82. The Morgan fingerprint density at radius 3 is 2.52 bits per heavy atom. The number of halogens is 2. The third kappa shape index (κ3) is 5.44. The maximum absolute atomic E-state index is 11.8. The lowest BCUT2D eigenvalue weighted by Crippen LogP contribution is -2.25. The van der Waals surface area contributed by atoms with Gasteiger partial charge in [0, 0.05) is 17.2 Å². The summed E-state index contributed by atoms with van der Waals surface area (Å²) in [7, 11) is 0. The Kier molecular flexibility index (Phi) is 6.32. The van der Waals surface area contributed by atoms with Crippen LogP contribution in [0, 0.1) is 10.1 Å². The van der Waals surface area contributed by atoms with Crippen molar-refractivity contribution in [1.82, 2.24) is 5.43 Å². The molecule has 0 atom stereocenters. The molecule has 0 unspecified atom stereocenters. The van der Waals surface area contributed by atoms with Gasteiger partial charge in [0.1, 0.15) is 5.75 Å². The van der Waals surface area contributed by atoms with Crippen LogP contribution in [-0.2, 0) is 4.79 Å². The van der Waals surface area contributed by atoms with Crippen molar-refractivity contribution in [2.75, 3.05) is 6.61 Å². The van der Waals surface area contributed by atoms with Gasteiger partial charge < -0.3 is 4.74 Å². The average molecular weight is 382 g/mol. The van der Waals surface area contributed by atoms with Crippen molar-refractivity contribution in [3.05, 3.63) is 68.2 Å². The molecule has 0 saturated heterocycles. The summed E-state index contributed by atoms with van der Waals surface area (Å²) < 4.78 is 5.29. The number of nitrogens with one attached hydrogen (secondary N) is 1. The second-order valence-electron chi connectivity index (χ2n) is 4.90. The molecule has 1 amide bonds. The van der Waals surface area contributed by atoms with Gasteiger partial charge in [-0.05, 0) is 42.8 Å². The molecule has 1 N–H and O–H groups in total. The highest BCUT2D eigenvalue weighted by molar-refractivity contribution is 6.35.